The minimum Gasteiger partial charge on any atom is -0.334 e. The van der Waals surface area contributed by atoms with E-state index in [4.69, 9.17) is 0 Å². The fourth-order valence-electron chi connectivity index (χ4n) is 3.40. The van der Waals surface area contributed by atoms with Crippen LogP contribution in [-0.4, -0.2) is 83.8 Å². The zero-order chi connectivity index (χ0) is 18.2. The Labute approximate surface area is 152 Å². The lowest BCUT2D eigenvalue weighted by atomic mass is 9.94. The third-order valence-electron chi connectivity index (χ3n) is 4.79. The van der Waals surface area contributed by atoms with Crippen molar-refractivity contribution >= 4 is 27.9 Å². The molecule has 1 amide bonds. The summed E-state index contributed by atoms with van der Waals surface area (Å²) >= 11 is 1.42. The van der Waals surface area contributed by atoms with Crippen molar-refractivity contribution in [2.24, 2.45) is 5.92 Å². The van der Waals surface area contributed by atoms with E-state index in [0.29, 0.717) is 30.4 Å². The van der Waals surface area contributed by atoms with Gasteiger partial charge in [0.15, 0.2) is 5.16 Å². The molecule has 8 nitrogen and oxygen atoms in total. The van der Waals surface area contributed by atoms with Crippen molar-refractivity contribution in [2.75, 3.05) is 40.0 Å². The Kier molecular flexibility index (Phi) is 5.33. The van der Waals surface area contributed by atoms with E-state index < -0.39 is 10.2 Å². The summed E-state index contributed by atoms with van der Waals surface area (Å²) in [7, 11) is -0.396. The molecule has 25 heavy (non-hydrogen) atoms. The number of hydrogen-bond donors (Lipinski definition) is 0. The van der Waals surface area contributed by atoms with Crippen molar-refractivity contribution < 1.29 is 13.2 Å². The van der Waals surface area contributed by atoms with Crippen LogP contribution in [0.1, 0.15) is 23.2 Å². The quantitative estimate of drug-likeness (QED) is 0.555. The first-order valence-corrected chi connectivity index (χ1v) is 10.8. The predicted molar refractivity (Wildman–Crippen MR) is 95.5 cm³/mol. The van der Waals surface area contributed by atoms with Gasteiger partial charge in [-0.25, -0.2) is 9.97 Å². The molecular weight excluding hydrogens is 362 g/mol. The Morgan fingerprint density at radius 2 is 1.88 bits per heavy atom. The molecule has 1 aromatic rings. The second-order valence-corrected chi connectivity index (χ2v) is 9.54. The van der Waals surface area contributed by atoms with Gasteiger partial charge in [-0.3, -0.25) is 4.79 Å². The topological polar surface area (TPSA) is 86.7 Å². The smallest absolute Gasteiger partial charge is 0.281 e. The van der Waals surface area contributed by atoms with E-state index in [2.05, 4.69) is 9.97 Å². The van der Waals surface area contributed by atoms with Gasteiger partial charge < -0.3 is 4.90 Å². The molecule has 2 atom stereocenters. The summed E-state index contributed by atoms with van der Waals surface area (Å²) in [6.07, 6.45) is 6.74. The summed E-state index contributed by atoms with van der Waals surface area (Å²) in [6.45, 7) is 1.38. The number of amides is 1. The SMILES string of the molecule is CSc1ncc(C(=O)N2CC3CCC2CN(S(=O)(=O)N(C)C)C3)cn1. The largest absolute Gasteiger partial charge is 0.334 e. The fraction of sp³-hybridized carbons (Fsp3) is 0.667. The number of fused-ring (bicyclic) bond motifs is 4. The van der Waals surface area contributed by atoms with Crippen LogP contribution in [0.25, 0.3) is 0 Å². The Morgan fingerprint density at radius 1 is 1.20 bits per heavy atom. The van der Waals surface area contributed by atoms with Crippen molar-refractivity contribution in [3.63, 3.8) is 0 Å². The standard InChI is InChI=1S/C15H23N5O3S2/c1-18(2)25(22,23)19-8-11-4-5-13(10-19)20(9-11)14(21)12-6-16-15(24-3)17-7-12/h6-7,11,13H,4-5,8-10H2,1-3H3. The fourth-order valence-corrected chi connectivity index (χ4v) is 4.94. The Morgan fingerprint density at radius 3 is 2.48 bits per heavy atom. The molecule has 0 saturated carbocycles. The number of carbonyl (C=O) groups is 1. The lowest BCUT2D eigenvalue weighted by Crippen LogP contribution is -2.48. The lowest BCUT2D eigenvalue weighted by molar-refractivity contribution is 0.0587. The van der Waals surface area contributed by atoms with Gasteiger partial charge in [-0.1, -0.05) is 11.8 Å². The van der Waals surface area contributed by atoms with Crippen LogP contribution < -0.4 is 0 Å². The highest BCUT2D eigenvalue weighted by Gasteiger charge is 2.41. The van der Waals surface area contributed by atoms with Crippen LogP contribution in [0.15, 0.2) is 17.6 Å². The molecule has 0 aromatic carbocycles. The molecule has 0 radical (unpaired) electrons. The van der Waals surface area contributed by atoms with Crippen molar-refractivity contribution in [1.82, 2.24) is 23.5 Å². The number of aromatic nitrogens is 2. The number of hydrogen-bond acceptors (Lipinski definition) is 6. The van der Waals surface area contributed by atoms with Gasteiger partial charge in [-0.05, 0) is 25.0 Å². The third-order valence-corrected chi connectivity index (χ3v) is 7.24. The molecule has 3 saturated heterocycles. The molecule has 138 valence electrons. The number of thioether (sulfide) groups is 1. The van der Waals surface area contributed by atoms with Gasteiger partial charge in [-0.15, -0.1) is 0 Å². The number of piperidine rings is 1. The number of carbonyl (C=O) groups excluding carboxylic acids is 1. The molecule has 2 unspecified atom stereocenters. The van der Waals surface area contributed by atoms with E-state index in [-0.39, 0.29) is 17.9 Å². The van der Waals surface area contributed by atoms with Crippen molar-refractivity contribution in [3.05, 3.63) is 18.0 Å². The van der Waals surface area contributed by atoms with E-state index >= 15 is 0 Å². The summed E-state index contributed by atoms with van der Waals surface area (Å²) in [4.78, 5) is 23.0. The zero-order valence-corrected chi connectivity index (χ0v) is 16.3. The van der Waals surface area contributed by atoms with Gasteiger partial charge in [0.2, 0.25) is 0 Å². The summed E-state index contributed by atoms with van der Waals surface area (Å²) in [5, 5.41) is 0.622. The van der Waals surface area contributed by atoms with Crippen LogP contribution in [0.3, 0.4) is 0 Å². The molecule has 3 aliphatic rings. The summed E-state index contributed by atoms with van der Waals surface area (Å²) in [5.74, 6) is 0.0373. The van der Waals surface area contributed by atoms with Crippen molar-refractivity contribution in [2.45, 2.75) is 24.0 Å². The Hall–Kier alpha value is -1.23. The van der Waals surface area contributed by atoms with Gasteiger partial charge in [0.25, 0.3) is 16.1 Å². The van der Waals surface area contributed by atoms with Gasteiger partial charge in [0.05, 0.1) is 5.56 Å². The number of rotatable bonds is 4. The molecular formula is C15H23N5O3S2. The molecule has 4 rings (SSSR count). The maximum absolute atomic E-state index is 12.9. The Bertz CT molecular complexity index is 738. The van der Waals surface area contributed by atoms with E-state index in [1.54, 1.807) is 17.3 Å². The molecule has 0 aliphatic carbocycles. The van der Waals surface area contributed by atoms with Gasteiger partial charge >= 0.3 is 0 Å². The maximum atomic E-state index is 12.9. The highest BCUT2D eigenvalue weighted by Crippen LogP contribution is 2.30. The maximum Gasteiger partial charge on any atom is 0.281 e. The van der Waals surface area contributed by atoms with E-state index in [9.17, 15) is 13.2 Å². The molecule has 2 bridgehead atoms. The normalized spacial score (nSPS) is 24.6. The van der Waals surface area contributed by atoms with Crippen LogP contribution in [0.4, 0.5) is 0 Å². The lowest BCUT2D eigenvalue weighted by Gasteiger charge is -2.36. The molecule has 1 aromatic heterocycles. The van der Waals surface area contributed by atoms with E-state index in [0.717, 1.165) is 12.8 Å². The first kappa shape index (κ1) is 18.6. The van der Waals surface area contributed by atoms with Crippen molar-refractivity contribution in [1.29, 1.82) is 0 Å². The molecule has 0 N–H and O–H groups in total. The van der Waals surface area contributed by atoms with Gasteiger partial charge in [-0.2, -0.15) is 17.0 Å². The second-order valence-electron chi connectivity index (χ2n) is 6.62. The third kappa shape index (κ3) is 3.67. The van der Waals surface area contributed by atoms with Crippen LogP contribution in [0.5, 0.6) is 0 Å². The first-order valence-electron chi connectivity index (χ1n) is 8.17. The van der Waals surface area contributed by atoms with Crippen LogP contribution in [0, 0.1) is 5.92 Å². The first-order chi connectivity index (χ1) is 11.8. The van der Waals surface area contributed by atoms with Gasteiger partial charge in [0, 0.05) is 52.2 Å². The van der Waals surface area contributed by atoms with E-state index in [1.807, 2.05) is 6.26 Å². The Balaban J connectivity index is 1.81. The van der Waals surface area contributed by atoms with Crippen molar-refractivity contribution in [3.8, 4) is 0 Å². The van der Waals surface area contributed by atoms with Crippen LogP contribution >= 0.6 is 11.8 Å². The minimum atomic E-state index is -3.47. The highest BCUT2D eigenvalue weighted by atomic mass is 32.2. The van der Waals surface area contributed by atoms with Gasteiger partial charge in [0.1, 0.15) is 0 Å². The summed E-state index contributed by atoms with van der Waals surface area (Å²) in [6, 6.07) is -0.110. The van der Waals surface area contributed by atoms with Crippen LogP contribution in [-0.2, 0) is 10.2 Å². The number of nitrogens with zero attached hydrogens (tertiary/aromatic N) is 5. The molecule has 10 heteroatoms. The molecule has 3 fully saturated rings. The summed E-state index contributed by atoms with van der Waals surface area (Å²) in [5.41, 5.74) is 0.451. The monoisotopic (exact) mass is 385 g/mol. The molecule has 3 aliphatic heterocycles. The average Bonchev–Trinajstić information content (AvgIpc) is 2.93. The second kappa shape index (κ2) is 7.18. The average molecular weight is 386 g/mol. The minimum absolute atomic E-state index is 0.110. The van der Waals surface area contributed by atoms with E-state index in [1.165, 1.54) is 34.5 Å². The summed E-state index contributed by atoms with van der Waals surface area (Å²) < 4.78 is 27.7. The molecule has 0 spiro atoms. The zero-order valence-electron chi connectivity index (χ0n) is 14.6. The predicted octanol–water partition coefficient (Wildman–Crippen LogP) is 0.541. The highest BCUT2D eigenvalue weighted by molar-refractivity contribution is 7.98. The molecule has 4 heterocycles. The van der Waals surface area contributed by atoms with Crippen LogP contribution in [0.2, 0.25) is 0 Å².